The zero-order chi connectivity index (χ0) is 18.8. The predicted octanol–water partition coefficient (Wildman–Crippen LogP) is 4.69. The van der Waals surface area contributed by atoms with Crippen LogP contribution in [0.4, 0.5) is 8.78 Å². The first kappa shape index (κ1) is 19.9. The molecule has 26 heavy (non-hydrogen) atoms. The fourth-order valence-electron chi connectivity index (χ4n) is 2.06. The largest absolute Gasteiger partial charge is 0.488 e. The molecule has 1 heterocycles. The Kier molecular flexibility index (Phi) is 8.05. The third-order valence-corrected chi connectivity index (χ3v) is 3.54. The molecule has 2 aromatic rings. The van der Waals surface area contributed by atoms with E-state index >= 15 is 0 Å². The standard InChI is InChI=1S/C19H24F2N2O3/c1-3-5-9-24-18-12-15(22-23-19(18)25-10-6-4-2)13-26-17-8-7-14(20)11-16(17)21/h7-8,11-12H,3-6,9-10,13H2,1-2H3. The first-order valence-corrected chi connectivity index (χ1v) is 8.84. The summed E-state index contributed by atoms with van der Waals surface area (Å²) >= 11 is 0. The molecule has 0 saturated carbocycles. The van der Waals surface area contributed by atoms with Gasteiger partial charge in [0.1, 0.15) is 18.1 Å². The van der Waals surface area contributed by atoms with Crippen molar-refractivity contribution in [3.8, 4) is 17.4 Å². The SMILES string of the molecule is CCCCOc1cc(COc2ccc(F)cc2F)nnc1OCCCC. The molecule has 1 aromatic carbocycles. The second kappa shape index (κ2) is 10.5. The summed E-state index contributed by atoms with van der Waals surface area (Å²) < 4.78 is 43.3. The van der Waals surface area contributed by atoms with Crippen LogP contribution >= 0.6 is 0 Å². The number of nitrogens with zero attached hydrogens (tertiary/aromatic N) is 2. The molecule has 142 valence electrons. The molecule has 0 aliphatic heterocycles. The molecule has 5 nitrogen and oxygen atoms in total. The summed E-state index contributed by atoms with van der Waals surface area (Å²) in [6, 6.07) is 4.81. The Morgan fingerprint density at radius 1 is 0.846 bits per heavy atom. The molecule has 0 atom stereocenters. The van der Waals surface area contributed by atoms with Crippen LogP contribution in [0.2, 0.25) is 0 Å². The van der Waals surface area contributed by atoms with Gasteiger partial charge in [0, 0.05) is 12.1 Å². The van der Waals surface area contributed by atoms with Gasteiger partial charge in [0.05, 0.1) is 13.2 Å². The highest BCUT2D eigenvalue weighted by molar-refractivity contribution is 5.33. The molecule has 7 heteroatoms. The van der Waals surface area contributed by atoms with Crippen molar-refractivity contribution in [2.45, 2.75) is 46.1 Å². The zero-order valence-corrected chi connectivity index (χ0v) is 15.1. The van der Waals surface area contributed by atoms with Crippen molar-refractivity contribution in [2.75, 3.05) is 13.2 Å². The molecule has 0 unspecified atom stereocenters. The Bertz CT molecular complexity index is 698. The van der Waals surface area contributed by atoms with Gasteiger partial charge in [-0.25, -0.2) is 8.78 Å². The predicted molar refractivity (Wildman–Crippen MR) is 93.5 cm³/mol. The van der Waals surface area contributed by atoms with Crippen LogP contribution in [0.3, 0.4) is 0 Å². The van der Waals surface area contributed by atoms with Gasteiger partial charge in [-0.3, -0.25) is 0 Å². The fourth-order valence-corrected chi connectivity index (χ4v) is 2.06. The second-order valence-corrected chi connectivity index (χ2v) is 5.77. The molecule has 0 aliphatic rings. The molecule has 0 saturated heterocycles. The Labute approximate surface area is 152 Å². The highest BCUT2D eigenvalue weighted by atomic mass is 19.1. The Hall–Kier alpha value is -2.44. The van der Waals surface area contributed by atoms with Crippen molar-refractivity contribution < 1.29 is 23.0 Å². The molecule has 0 bridgehead atoms. The van der Waals surface area contributed by atoms with E-state index in [-0.39, 0.29) is 12.4 Å². The molecule has 2 rings (SSSR count). The maximum absolute atomic E-state index is 13.6. The lowest BCUT2D eigenvalue weighted by Crippen LogP contribution is -2.08. The molecule has 0 spiro atoms. The molecule has 0 aliphatic carbocycles. The van der Waals surface area contributed by atoms with Gasteiger partial charge in [-0.1, -0.05) is 26.7 Å². The quantitative estimate of drug-likeness (QED) is 0.540. The van der Waals surface area contributed by atoms with Crippen LogP contribution in [0.1, 0.15) is 45.2 Å². The number of unbranched alkanes of at least 4 members (excludes halogenated alkanes) is 2. The molecule has 0 N–H and O–H groups in total. The van der Waals surface area contributed by atoms with Crippen molar-refractivity contribution >= 4 is 0 Å². The van der Waals surface area contributed by atoms with E-state index in [9.17, 15) is 8.78 Å². The lowest BCUT2D eigenvalue weighted by Gasteiger charge is -2.12. The first-order chi connectivity index (χ1) is 12.6. The van der Waals surface area contributed by atoms with Gasteiger partial charge in [-0.05, 0) is 25.0 Å². The molecular weight excluding hydrogens is 342 g/mol. The van der Waals surface area contributed by atoms with Crippen LogP contribution in [0.15, 0.2) is 24.3 Å². The summed E-state index contributed by atoms with van der Waals surface area (Å²) in [7, 11) is 0. The van der Waals surface area contributed by atoms with E-state index in [0.717, 1.165) is 37.8 Å². The van der Waals surface area contributed by atoms with Gasteiger partial charge in [0.2, 0.25) is 0 Å². The van der Waals surface area contributed by atoms with Crippen LogP contribution in [0.25, 0.3) is 0 Å². The number of rotatable bonds is 11. The van der Waals surface area contributed by atoms with Gasteiger partial charge >= 0.3 is 0 Å². The number of hydrogen-bond donors (Lipinski definition) is 0. The third kappa shape index (κ3) is 6.13. The normalized spacial score (nSPS) is 10.6. The van der Waals surface area contributed by atoms with E-state index in [0.29, 0.717) is 30.5 Å². The van der Waals surface area contributed by atoms with E-state index in [1.54, 1.807) is 6.07 Å². The molecule has 1 aromatic heterocycles. The van der Waals surface area contributed by atoms with Crippen LogP contribution in [0.5, 0.6) is 17.4 Å². The summed E-state index contributed by atoms with van der Waals surface area (Å²) in [5, 5.41) is 8.08. The van der Waals surface area contributed by atoms with Gasteiger partial charge in [-0.15, -0.1) is 10.2 Å². The van der Waals surface area contributed by atoms with Crippen molar-refractivity contribution in [3.63, 3.8) is 0 Å². The number of ether oxygens (including phenoxy) is 3. The second-order valence-electron chi connectivity index (χ2n) is 5.77. The van der Waals surface area contributed by atoms with Crippen molar-refractivity contribution in [1.29, 1.82) is 0 Å². The number of hydrogen-bond acceptors (Lipinski definition) is 5. The smallest absolute Gasteiger partial charge is 0.276 e. The first-order valence-electron chi connectivity index (χ1n) is 8.84. The summed E-state index contributed by atoms with van der Waals surface area (Å²) in [5.41, 5.74) is 0.461. The average molecular weight is 366 g/mol. The summed E-state index contributed by atoms with van der Waals surface area (Å²) in [4.78, 5) is 0. The summed E-state index contributed by atoms with van der Waals surface area (Å²) in [5.74, 6) is -0.648. The van der Waals surface area contributed by atoms with Crippen LogP contribution in [-0.2, 0) is 6.61 Å². The number of aromatic nitrogens is 2. The van der Waals surface area contributed by atoms with Crippen molar-refractivity contribution in [1.82, 2.24) is 10.2 Å². The van der Waals surface area contributed by atoms with E-state index in [2.05, 4.69) is 24.0 Å². The minimum absolute atomic E-state index is 0.0189. The topological polar surface area (TPSA) is 53.5 Å². The zero-order valence-electron chi connectivity index (χ0n) is 15.1. The van der Waals surface area contributed by atoms with E-state index in [4.69, 9.17) is 14.2 Å². The molecule has 0 radical (unpaired) electrons. The van der Waals surface area contributed by atoms with Gasteiger partial charge in [0.25, 0.3) is 5.88 Å². The maximum atomic E-state index is 13.6. The minimum atomic E-state index is -0.767. The average Bonchev–Trinajstić information content (AvgIpc) is 2.63. The van der Waals surface area contributed by atoms with Gasteiger partial charge < -0.3 is 14.2 Å². The summed E-state index contributed by atoms with van der Waals surface area (Å²) in [6.45, 7) is 5.20. The van der Waals surface area contributed by atoms with Crippen LogP contribution < -0.4 is 14.2 Å². The van der Waals surface area contributed by atoms with E-state index < -0.39 is 11.6 Å². The lowest BCUT2D eigenvalue weighted by molar-refractivity contribution is 0.245. The van der Waals surface area contributed by atoms with Gasteiger partial charge in [0.15, 0.2) is 17.3 Å². The van der Waals surface area contributed by atoms with Crippen LogP contribution in [0, 0.1) is 11.6 Å². The Morgan fingerprint density at radius 2 is 1.58 bits per heavy atom. The summed E-state index contributed by atoms with van der Waals surface area (Å²) in [6.07, 6.45) is 3.83. The lowest BCUT2D eigenvalue weighted by atomic mass is 10.3. The van der Waals surface area contributed by atoms with Gasteiger partial charge in [-0.2, -0.15) is 0 Å². The maximum Gasteiger partial charge on any atom is 0.276 e. The highest BCUT2D eigenvalue weighted by Crippen LogP contribution is 2.26. The monoisotopic (exact) mass is 366 g/mol. The third-order valence-electron chi connectivity index (χ3n) is 3.54. The van der Waals surface area contributed by atoms with E-state index in [1.807, 2.05) is 0 Å². The van der Waals surface area contributed by atoms with Crippen molar-refractivity contribution in [3.05, 3.63) is 41.6 Å². The van der Waals surface area contributed by atoms with E-state index in [1.165, 1.54) is 6.07 Å². The van der Waals surface area contributed by atoms with Crippen LogP contribution in [-0.4, -0.2) is 23.4 Å². The van der Waals surface area contributed by atoms with Crippen molar-refractivity contribution in [2.24, 2.45) is 0 Å². The molecular formula is C19H24F2N2O3. The molecule has 0 amide bonds. The highest BCUT2D eigenvalue weighted by Gasteiger charge is 2.12. The number of benzene rings is 1. The number of halogens is 2. The Balaban J connectivity index is 2.05. The fraction of sp³-hybridized carbons (Fsp3) is 0.474. The Morgan fingerprint density at radius 3 is 2.27 bits per heavy atom. The molecule has 0 fully saturated rings. The minimum Gasteiger partial charge on any atom is -0.488 e.